The van der Waals surface area contributed by atoms with Crippen LogP contribution >= 0.6 is 11.8 Å². The summed E-state index contributed by atoms with van der Waals surface area (Å²) < 4.78 is 0. The van der Waals surface area contributed by atoms with E-state index in [9.17, 15) is 5.11 Å². The molecule has 2 rings (SSSR count). The fourth-order valence-electron chi connectivity index (χ4n) is 1.90. The van der Waals surface area contributed by atoms with Crippen molar-refractivity contribution in [3.63, 3.8) is 0 Å². The van der Waals surface area contributed by atoms with Gasteiger partial charge < -0.3 is 10.1 Å². The Morgan fingerprint density at radius 1 is 1.69 bits per heavy atom. The van der Waals surface area contributed by atoms with Crippen LogP contribution in [0.4, 0.5) is 0 Å². The van der Waals surface area contributed by atoms with Gasteiger partial charge in [-0.2, -0.15) is 11.8 Å². The highest BCUT2D eigenvalue weighted by Gasteiger charge is 2.38. The van der Waals surface area contributed by atoms with E-state index in [0.29, 0.717) is 5.25 Å². The fourth-order valence-corrected chi connectivity index (χ4v) is 3.08. The second kappa shape index (κ2) is 3.39. The first-order valence-corrected chi connectivity index (χ1v) is 5.76. The number of rotatable bonds is 1. The van der Waals surface area contributed by atoms with Crippen LogP contribution < -0.4 is 0 Å². The van der Waals surface area contributed by atoms with Gasteiger partial charge in [0.2, 0.25) is 0 Å². The number of aliphatic hydroxyl groups is 1. The van der Waals surface area contributed by atoms with Gasteiger partial charge in [0.25, 0.3) is 0 Å². The first kappa shape index (κ1) is 9.16. The molecule has 2 atom stereocenters. The number of H-pyrrole nitrogens is 1. The molecule has 0 aromatic carbocycles. The SMILES string of the molecule is CC1SCCCC1(O)c1ccc[nH]1. The van der Waals surface area contributed by atoms with Crippen LogP contribution in [0.25, 0.3) is 0 Å². The number of thioether (sulfide) groups is 1. The van der Waals surface area contributed by atoms with Crippen LogP contribution in [0.3, 0.4) is 0 Å². The standard InChI is InChI=1S/C10H15NOS/c1-8-10(12,5-3-7-13-8)9-4-2-6-11-9/h2,4,6,8,11-12H,3,5,7H2,1H3. The van der Waals surface area contributed by atoms with Gasteiger partial charge in [-0.25, -0.2) is 0 Å². The van der Waals surface area contributed by atoms with Crippen molar-refractivity contribution >= 4 is 11.8 Å². The fraction of sp³-hybridized carbons (Fsp3) is 0.600. The molecule has 2 nitrogen and oxygen atoms in total. The van der Waals surface area contributed by atoms with E-state index in [-0.39, 0.29) is 0 Å². The molecule has 0 saturated carbocycles. The van der Waals surface area contributed by atoms with Crippen LogP contribution in [0.5, 0.6) is 0 Å². The Morgan fingerprint density at radius 3 is 3.15 bits per heavy atom. The Morgan fingerprint density at radius 2 is 2.54 bits per heavy atom. The topological polar surface area (TPSA) is 36.0 Å². The van der Waals surface area contributed by atoms with Crippen LogP contribution in [0, 0.1) is 0 Å². The average molecular weight is 197 g/mol. The number of nitrogens with one attached hydrogen (secondary N) is 1. The predicted molar refractivity (Wildman–Crippen MR) is 55.8 cm³/mol. The molecule has 3 heteroatoms. The van der Waals surface area contributed by atoms with E-state index in [4.69, 9.17) is 0 Å². The maximum Gasteiger partial charge on any atom is 0.116 e. The third-order valence-corrected chi connectivity index (χ3v) is 4.22. The Kier molecular flexibility index (Phi) is 2.39. The van der Waals surface area contributed by atoms with Crippen molar-refractivity contribution in [3.05, 3.63) is 24.0 Å². The van der Waals surface area contributed by atoms with Crippen molar-refractivity contribution in [2.45, 2.75) is 30.6 Å². The second-order valence-electron chi connectivity index (χ2n) is 3.62. The molecule has 1 saturated heterocycles. The lowest BCUT2D eigenvalue weighted by molar-refractivity contribution is 0.0216. The molecule has 1 aliphatic heterocycles. The van der Waals surface area contributed by atoms with E-state index in [2.05, 4.69) is 11.9 Å². The van der Waals surface area contributed by atoms with Gasteiger partial charge in [0.1, 0.15) is 5.60 Å². The van der Waals surface area contributed by atoms with Crippen LogP contribution in [-0.2, 0) is 5.60 Å². The molecule has 0 aliphatic carbocycles. The Balaban J connectivity index is 2.27. The van der Waals surface area contributed by atoms with E-state index in [1.54, 1.807) is 0 Å². The third kappa shape index (κ3) is 1.51. The van der Waals surface area contributed by atoms with Crippen molar-refractivity contribution in [1.29, 1.82) is 0 Å². The zero-order valence-corrected chi connectivity index (χ0v) is 8.60. The summed E-state index contributed by atoms with van der Waals surface area (Å²) in [6.07, 6.45) is 3.85. The second-order valence-corrected chi connectivity index (χ2v) is 5.07. The monoisotopic (exact) mass is 197 g/mol. The van der Waals surface area contributed by atoms with Gasteiger partial charge in [-0.05, 0) is 30.7 Å². The van der Waals surface area contributed by atoms with Gasteiger partial charge >= 0.3 is 0 Å². The minimum absolute atomic E-state index is 0.292. The number of hydrogen-bond acceptors (Lipinski definition) is 2. The van der Waals surface area contributed by atoms with E-state index < -0.39 is 5.60 Å². The highest BCUT2D eigenvalue weighted by molar-refractivity contribution is 8.00. The van der Waals surface area contributed by atoms with E-state index in [0.717, 1.165) is 18.5 Å². The van der Waals surface area contributed by atoms with Crippen molar-refractivity contribution in [3.8, 4) is 0 Å². The van der Waals surface area contributed by atoms with Crippen molar-refractivity contribution in [1.82, 2.24) is 4.98 Å². The molecule has 1 aliphatic rings. The van der Waals surface area contributed by atoms with Crippen LogP contribution in [0.2, 0.25) is 0 Å². The van der Waals surface area contributed by atoms with Crippen LogP contribution in [-0.4, -0.2) is 21.1 Å². The molecule has 13 heavy (non-hydrogen) atoms. The summed E-state index contributed by atoms with van der Waals surface area (Å²) in [5, 5.41) is 10.7. The Bertz CT molecular complexity index is 272. The maximum absolute atomic E-state index is 10.4. The summed E-state index contributed by atoms with van der Waals surface area (Å²) in [4.78, 5) is 3.11. The normalized spacial score (nSPS) is 34.8. The van der Waals surface area contributed by atoms with Crippen molar-refractivity contribution in [2.24, 2.45) is 0 Å². The first-order valence-electron chi connectivity index (χ1n) is 4.71. The van der Waals surface area contributed by atoms with Gasteiger partial charge in [-0.15, -0.1) is 0 Å². The molecule has 0 amide bonds. The summed E-state index contributed by atoms with van der Waals surface area (Å²) in [7, 11) is 0. The lowest BCUT2D eigenvalue weighted by atomic mass is 9.90. The maximum atomic E-state index is 10.4. The average Bonchev–Trinajstić information content (AvgIpc) is 2.63. The molecule has 1 fully saturated rings. The molecule has 0 bridgehead atoms. The van der Waals surface area contributed by atoms with E-state index >= 15 is 0 Å². The quantitative estimate of drug-likeness (QED) is 0.723. The van der Waals surface area contributed by atoms with Gasteiger partial charge in [-0.3, -0.25) is 0 Å². The molecule has 1 aromatic heterocycles. The van der Waals surface area contributed by atoms with Gasteiger partial charge in [0, 0.05) is 17.1 Å². The molecule has 0 radical (unpaired) electrons. The zero-order valence-electron chi connectivity index (χ0n) is 7.79. The molecular weight excluding hydrogens is 182 g/mol. The van der Waals surface area contributed by atoms with Crippen LogP contribution in [0.15, 0.2) is 18.3 Å². The smallest absolute Gasteiger partial charge is 0.116 e. The highest BCUT2D eigenvalue weighted by Crippen LogP contribution is 2.40. The van der Waals surface area contributed by atoms with Gasteiger partial charge in [-0.1, -0.05) is 6.92 Å². The lowest BCUT2D eigenvalue weighted by Gasteiger charge is -2.36. The summed E-state index contributed by atoms with van der Waals surface area (Å²) in [6, 6.07) is 3.92. The number of aromatic nitrogens is 1. The van der Waals surface area contributed by atoms with Gasteiger partial charge in [0.05, 0.1) is 0 Å². The van der Waals surface area contributed by atoms with E-state index in [1.165, 1.54) is 5.75 Å². The summed E-state index contributed by atoms with van der Waals surface area (Å²) in [5.74, 6) is 1.17. The van der Waals surface area contributed by atoms with E-state index in [1.807, 2.05) is 30.1 Å². The number of aromatic amines is 1. The van der Waals surface area contributed by atoms with Crippen molar-refractivity contribution < 1.29 is 5.11 Å². The largest absolute Gasteiger partial charge is 0.382 e. The summed E-state index contributed by atoms with van der Waals surface area (Å²) in [5.41, 5.74) is 0.332. The minimum atomic E-state index is -0.633. The Hall–Kier alpha value is -0.410. The lowest BCUT2D eigenvalue weighted by Crippen LogP contribution is -2.39. The predicted octanol–water partition coefficient (Wildman–Crippen LogP) is 2.12. The zero-order chi connectivity index (χ0) is 9.31. The molecule has 0 spiro atoms. The number of hydrogen-bond donors (Lipinski definition) is 2. The molecule has 1 aromatic rings. The minimum Gasteiger partial charge on any atom is -0.382 e. The summed E-state index contributed by atoms with van der Waals surface area (Å²) in [6.45, 7) is 2.10. The summed E-state index contributed by atoms with van der Waals surface area (Å²) >= 11 is 1.85. The molecule has 2 heterocycles. The molecule has 72 valence electrons. The third-order valence-electron chi connectivity index (χ3n) is 2.81. The Labute approximate surface area is 82.7 Å². The van der Waals surface area contributed by atoms with Crippen LogP contribution in [0.1, 0.15) is 25.5 Å². The molecule has 2 N–H and O–H groups in total. The molecular formula is C10H15NOS. The first-order chi connectivity index (χ1) is 6.23. The highest BCUT2D eigenvalue weighted by atomic mass is 32.2. The van der Waals surface area contributed by atoms with Gasteiger partial charge in [0.15, 0.2) is 0 Å². The molecule has 2 unspecified atom stereocenters. The van der Waals surface area contributed by atoms with Crippen molar-refractivity contribution in [2.75, 3.05) is 5.75 Å².